The lowest BCUT2D eigenvalue weighted by Crippen LogP contribution is -2.50. The van der Waals surface area contributed by atoms with Crippen LogP contribution in [0.3, 0.4) is 0 Å². The first kappa shape index (κ1) is 14.7. The number of nitrogens with zero attached hydrogens (tertiary/aromatic N) is 2. The summed E-state index contributed by atoms with van der Waals surface area (Å²) in [7, 11) is 0. The number of rotatable bonds is 6. The number of amides is 1. The summed E-state index contributed by atoms with van der Waals surface area (Å²) in [6, 6.07) is 0. The van der Waals surface area contributed by atoms with Gasteiger partial charge in [-0.25, -0.2) is 0 Å². The summed E-state index contributed by atoms with van der Waals surface area (Å²) >= 11 is 1.92. The maximum absolute atomic E-state index is 12.9. The molecule has 3 rings (SSSR count). The summed E-state index contributed by atoms with van der Waals surface area (Å²) < 4.78 is 0. The molecule has 4 heteroatoms. The molecule has 20 heavy (non-hydrogen) atoms. The summed E-state index contributed by atoms with van der Waals surface area (Å²) in [5.74, 6) is 2.56. The third-order valence-corrected chi connectivity index (χ3v) is 5.95. The predicted molar refractivity (Wildman–Crippen MR) is 85.0 cm³/mol. The second kappa shape index (κ2) is 6.27. The highest BCUT2D eigenvalue weighted by atomic mass is 32.2. The molecule has 3 fully saturated rings. The van der Waals surface area contributed by atoms with Crippen LogP contribution < -0.4 is 0 Å². The van der Waals surface area contributed by atoms with E-state index in [1.165, 1.54) is 38.0 Å². The summed E-state index contributed by atoms with van der Waals surface area (Å²) in [5, 5.41) is 0. The van der Waals surface area contributed by atoms with E-state index in [0.29, 0.717) is 5.91 Å². The molecular formula is C16H28N2OS. The Morgan fingerprint density at radius 3 is 2.90 bits per heavy atom. The van der Waals surface area contributed by atoms with Crippen molar-refractivity contribution in [2.75, 3.05) is 44.7 Å². The molecule has 1 aliphatic carbocycles. The molecule has 1 saturated carbocycles. The van der Waals surface area contributed by atoms with Crippen LogP contribution in [0.15, 0.2) is 0 Å². The molecule has 0 aromatic heterocycles. The maximum atomic E-state index is 12.9. The molecule has 0 aromatic rings. The fourth-order valence-electron chi connectivity index (χ4n) is 3.90. The van der Waals surface area contributed by atoms with E-state index in [4.69, 9.17) is 0 Å². The zero-order valence-corrected chi connectivity index (χ0v) is 13.6. The van der Waals surface area contributed by atoms with E-state index in [0.717, 1.165) is 44.9 Å². The molecule has 1 spiro atoms. The molecule has 2 aliphatic heterocycles. The zero-order valence-electron chi connectivity index (χ0n) is 12.8. The lowest BCUT2D eigenvalue weighted by Gasteiger charge is -2.39. The molecule has 1 amide bonds. The smallest absolute Gasteiger partial charge is 0.230 e. The summed E-state index contributed by atoms with van der Waals surface area (Å²) in [6.07, 6.45) is 9.58. The average Bonchev–Trinajstić information content (AvgIpc) is 3.17. The van der Waals surface area contributed by atoms with Gasteiger partial charge in [-0.05, 0) is 69.5 Å². The molecule has 3 aliphatic rings. The minimum atomic E-state index is -0.00744. The molecule has 1 unspecified atom stereocenters. The zero-order chi connectivity index (χ0) is 14.0. The number of thioether (sulfide) groups is 1. The quantitative estimate of drug-likeness (QED) is 0.704. The van der Waals surface area contributed by atoms with E-state index < -0.39 is 0 Å². The van der Waals surface area contributed by atoms with Crippen LogP contribution in [0.2, 0.25) is 0 Å². The van der Waals surface area contributed by atoms with Crippen LogP contribution in [0.5, 0.6) is 0 Å². The Morgan fingerprint density at radius 2 is 2.15 bits per heavy atom. The molecule has 0 N–H and O–H groups in total. The Balaban J connectivity index is 1.55. The molecule has 0 radical (unpaired) electrons. The van der Waals surface area contributed by atoms with Crippen LogP contribution in [-0.2, 0) is 4.79 Å². The fraction of sp³-hybridized carbons (Fsp3) is 0.938. The van der Waals surface area contributed by atoms with Gasteiger partial charge in [0.1, 0.15) is 0 Å². The third-order valence-electron chi connectivity index (χ3n) is 5.26. The van der Waals surface area contributed by atoms with Crippen LogP contribution in [0, 0.1) is 11.3 Å². The molecule has 2 heterocycles. The monoisotopic (exact) mass is 296 g/mol. The van der Waals surface area contributed by atoms with E-state index in [-0.39, 0.29) is 5.41 Å². The van der Waals surface area contributed by atoms with Gasteiger partial charge in [-0.1, -0.05) is 0 Å². The lowest BCUT2D eigenvalue weighted by atomic mass is 9.78. The molecule has 2 saturated heterocycles. The van der Waals surface area contributed by atoms with Crippen molar-refractivity contribution in [3.8, 4) is 0 Å². The minimum Gasteiger partial charge on any atom is -0.342 e. The van der Waals surface area contributed by atoms with Crippen molar-refractivity contribution < 1.29 is 4.79 Å². The van der Waals surface area contributed by atoms with Crippen molar-refractivity contribution in [1.29, 1.82) is 0 Å². The Kier molecular flexibility index (Phi) is 4.61. The summed E-state index contributed by atoms with van der Waals surface area (Å²) in [4.78, 5) is 17.6. The van der Waals surface area contributed by atoms with E-state index >= 15 is 0 Å². The molecule has 3 nitrogen and oxygen atoms in total. The van der Waals surface area contributed by atoms with Crippen molar-refractivity contribution in [3.63, 3.8) is 0 Å². The van der Waals surface area contributed by atoms with E-state index in [1.807, 2.05) is 11.8 Å². The SMILES string of the molecule is CSCCCN1CCC2(CCCN(CC3CC3)C2=O)C1. The molecule has 0 aromatic carbocycles. The van der Waals surface area contributed by atoms with E-state index in [1.54, 1.807) is 0 Å². The van der Waals surface area contributed by atoms with Gasteiger partial charge in [0.15, 0.2) is 0 Å². The number of likely N-dealkylation sites (tertiary alicyclic amines) is 2. The number of carbonyl (C=O) groups excluding carboxylic acids is 1. The highest BCUT2D eigenvalue weighted by molar-refractivity contribution is 7.98. The normalized spacial score (nSPS) is 31.4. The second-order valence-corrected chi connectivity index (χ2v) is 7.94. The standard InChI is InChI=1S/C16H28N2OS/c1-20-11-3-8-17-10-7-16(13-17)6-2-9-18(15(16)19)12-14-4-5-14/h14H,2-13H2,1H3. The van der Waals surface area contributed by atoms with E-state index in [2.05, 4.69) is 16.1 Å². The van der Waals surface area contributed by atoms with Crippen molar-refractivity contribution >= 4 is 17.7 Å². The van der Waals surface area contributed by atoms with Crippen molar-refractivity contribution in [3.05, 3.63) is 0 Å². The molecule has 114 valence electrons. The Hall–Kier alpha value is -0.220. The van der Waals surface area contributed by atoms with Gasteiger partial charge < -0.3 is 9.80 Å². The van der Waals surface area contributed by atoms with Gasteiger partial charge in [0.05, 0.1) is 5.41 Å². The third kappa shape index (κ3) is 3.16. The highest BCUT2D eigenvalue weighted by Crippen LogP contribution is 2.41. The first-order valence-corrected chi connectivity index (χ1v) is 9.64. The largest absolute Gasteiger partial charge is 0.342 e. The van der Waals surface area contributed by atoms with E-state index in [9.17, 15) is 4.79 Å². The Labute approximate surface area is 127 Å². The first-order valence-electron chi connectivity index (χ1n) is 8.24. The molecule has 0 bridgehead atoms. The highest BCUT2D eigenvalue weighted by Gasteiger charge is 2.48. The first-order chi connectivity index (χ1) is 9.73. The van der Waals surface area contributed by atoms with Gasteiger partial charge in [0.2, 0.25) is 5.91 Å². The van der Waals surface area contributed by atoms with Gasteiger partial charge in [0, 0.05) is 19.6 Å². The number of hydrogen-bond acceptors (Lipinski definition) is 3. The number of piperidine rings is 1. The minimum absolute atomic E-state index is 0.00744. The molecule has 1 atom stereocenters. The lowest BCUT2D eigenvalue weighted by molar-refractivity contribution is -0.145. The topological polar surface area (TPSA) is 23.6 Å². The van der Waals surface area contributed by atoms with Crippen LogP contribution >= 0.6 is 11.8 Å². The van der Waals surface area contributed by atoms with Gasteiger partial charge in [-0.3, -0.25) is 4.79 Å². The van der Waals surface area contributed by atoms with Crippen molar-refractivity contribution in [2.24, 2.45) is 11.3 Å². The Bertz CT molecular complexity index is 358. The maximum Gasteiger partial charge on any atom is 0.230 e. The molecular weight excluding hydrogens is 268 g/mol. The average molecular weight is 296 g/mol. The van der Waals surface area contributed by atoms with Gasteiger partial charge >= 0.3 is 0 Å². The van der Waals surface area contributed by atoms with Crippen LogP contribution in [0.4, 0.5) is 0 Å². The van der Waals surface area contributed by atoms with Crippen LogP contribution in [-0.4, -0.2) is 60.4 Å². The number of hydrogen-bond donors (Lipinski definition) is 0. The fourth-order valence-corrected chi connectivity index (χ4v) is 4.32. The van der Waals surface area contributed by atoms with Crippen molar-refractivity contribution in [2.45, 2.75) is 38.5 Å². The number of carbonyl (C=O) groups is 1. The van der Waals surface area contributed by atoms with Crippen LogP contribution in [0.25, 0.3) is 0 Å². The second-order valence-electron chi connectivity index (χ2n) is 6.95. The van der Waals surface area contributed by atoms with Gasteiger partial charge in [0.25, 0.3) is 0 Å². The van der Waals surface area contributed by atoms with Gasteiger partial charge in [-0.2, -0.15) is 11.8 Å². The Morgan fingerprint density at radius 1 is 1.30 bits per heavy atom. The van der Waals surface area contributed by atoms with Crippen LogP contribution in [0.1, 0.15) is 38.5 Å². The summed E-state index contributed by atoms with van der Waals surface area (Å²) in [5.41, 5.74) is -0.00744. The predicted octanol–water partition coefficient (Wildman–Crippen LogP) is 2.46. The van der Waals surface area contributed by atoms with Crippen molar-refractivity contribution in [1.82, 2.24) is 9.80 Å². The summed E-state index contributed by atoms with van der Waals surface area (Å²) in [6.45, 7) is 5.41. The van der Waals surface area contributed by atoms with Gasteiger partial charge in [-0.15, -0.1) is 0 Å².